The van der Waals surface area contributed by atoms with Crippen molar-refractivity contribution in [3.05, 3.63) is 49.8 Å². The van der Waals surface area contributed by atoms with Gasteiger partial charge < -0.3 is 9.64 Å². The molecular weight excluding hydrogens is 432 g/mol. The number of nitro groups is 2. The molecule has 2 aromatic rings. The first-order valence-corrected chi connectivity index (χ1v) is 10.6. The Morgan fingerprint density at radius 2 is 1.52 bits per heavy atom. The van der Waals surface area contributed by atoms with E-state index in [4.69, 9.17) is 4.74 Å². The minimum absolute atomic E-state index is 0.0726. The molecule has 0 bridgehead atoms. The molecule has 0 spiro atoms. The van der Waals surface area contributed by atoms with E-state index in [0.717, 1.165) is 16.4 Å². The lowest BCUT2D eigenvalue weighted by Gasteiger charge is -2.34. The Balaban J connectivity index is 1.87. The van der Waals surface area contributed by atoms with Crippen molar-refractivity contribution >= 4 is 27.2 Å². The molecule has 13 nitrogen and oxygen atoms in total. The molecule has 1 aliphatic heterocycles. The Labute approximate surface area is 177 Å². The first-order chi connectivity index (χ1) is 14.5. The van der Waals surface area contributed by atoms with E-state index >= 15 is 0 Å². The van der Waals surface area contributed by atoms with E-state index in [9.17, 15) is 28.6 Å². The molecule has 1 saturated heterocycles. The lowest BCUT2D eigenvalue weighted by Crippen LogP contribution is -2.49. The predicted octanol–water partition coefficient (Wildman–Crippen LogP) is 1.43. The summed E-state index contributed by atoms with van der Waals surface area (Å²) in [6.07, 6.45) is 0. The fraction of sp³-hybridized carbons (Fsp3) is 0.412. The summed E-state index contributed by atoms with van der Waals surface area (Å²) in [5.74, 6) is 1.48. The summed E-state index contributed by atoms with van der Waals surface area (Å²) in [5, 5.41) is 22.6. The van der Waals surface area contributed by atoms with E-state index in [0.29, 0.717) is 30.6 Å². The van der Waals surface area contributed by atoms with Crippen molar-refractivity contribution < 1.29 is 23.0 Å². The summed E-state index contributed by atoms with van der Waals surface area (Å²) >= 11 is 0. The molecular formula is C17H20N6O7S. The summed E-state index contributed by atoms with van der Waals surface area (Å²) in [4.78, 5) is 30.7. The molecule has 2 heterocycles. The number of piperazine rings is 1. The molecule has 0 aliphatic carbocycles. The van der Waals surface area contributed by atoms with Crippen molar-refractivity contribution in [1.82, 2.24) is 14.3 Å². The lowest BCUT2D eigenvalue weighted by molar-refractivity contribution is -0.395. The zero-order valence-electron chi connectivity index (χ0n) is 17.0. The van der Waals surface area contributed by atoms with Gasteiger partial charge in [0, 0.05) is 44.4 Å². The van der Waals surface area contributed by atoms with Gasteiger partial charge in [0.05, 0.1) is 21.9 Å². The molecule has 31 heavy (non-hydrogen) atoms. The average molecular weight is 452 g/mol. The number of rotatable bonds is 6. The summed E-state index contributed by atoms with van der Waals surface area (Å²) in [6.45, 7) is 3.67. The summed E-state index contributed by atoms with van der Waals surface area (Å²) < 4.78 is 32.4. The number of ether oxygens (including phenoxy) is 1. The number of sulfonamides is 1. The van der Waals surface area contributed by atoms with E-state index in [-0.39, 0.29) is 18.7 Å². The first kappa shape index (κ1) is 22.3. The number of hydrogen-bond donors (Lipinski definition) is 0. The van der Waals surface area contributed by atoms with Crippen molar-refractivity contribution in [1.29, 1.82) is 0 Å². The number of aromatic nitrogens is 2. The average Bonchev–Trinajstić information content (AvgIpc) is 2.72. The number of nitro benzene ring substituents is 2. The number of nitrogens with zero attached hydrogens (tertiary/aromatic N) is 6. The molecule has 0 amide bonds. The van der Waals surface area contributed by atoms with E-state index in [1.165, 1.54) is 14.0 Å². The van der Waals surface area contributed by atoms with Crippen LogP contribution in [0.3, 0.4) is 0 Å². The van der Waals surface area contributed by atoms with Crippen molar-refractivity contribution in [2.24, 2.45) is 0 Å². The maximum absolute atomic E-state index is 13.1. The highest BCUT2D eigenvalue weighted by molar-refractivity contribution is 7.89. The number of benzene rings is 1. The number of methoxy groups -OCH3 is 1. The van der Waals surface area contributed by atoms with Gasteiger partial charge in [-0.2, -0.15) is 9.29 Å². The standard InChI is InChI=1S/C17H20N6O7S/c1-11-14(22(24)25)8-13(9-15(11)23(26)27)31(28,29)21-6-4-20(5-7-21)16-10-17(30-3)19-12(2)18-16/h8-10H,4-7H2,1-3H3. The highest BCUT2D eigenvalue weighted by Crippen LogP contribution is 2.33. The second kappa shape index (κ2) is 8.39. The quantitative estimate of drug-likeness (QED) is 0.463. The zero-order valence-corrected chi connectivity index (χ0v) is 17.8. The van der Waals surface area contributed by atoms with Gasteiger partial charge in [0.25, 0.3) is 11.4 Å². The van der Waals surface area contributed by atoms with Crippen LogP contribution < -0.4 is 9.64 Å². The third-order valence-corrected chi connectivity index (χ3v) is 6.81. The Bertz CT molecular complexity index is 1110. The Morgan fingerprint density at radius 1 is 0.968 bits per heavy atom. The number of anilines is 1. The van der Waals surface area contributed by atoms with E-state index < -0.39 is 36.1 Å². The molecule has 166 valence electrons. The topological polar surface area (TPSA) is 162 Å². The maximum Gasteiger partial charge on any atom is 0.280 e. The van der Waals surface area contributed by atoms with Gasteiger partial charge in [-0.05, 0) is 13.8 Å². The second-order valence-corrected chi connectivity index (χ2v) is 8.75. The molecule has 0 saturated carbocycles. The second-order valence-electron chi connectivity index (χ2n) is 6.81. The molecule has 1 aromatic heterocycles. The van der Waals surface area contributed by atoms with Crippen molar-refractivity contribution in [3.8, 4) is 5.88 Å². The Hall–Kier alpha value is -3.39. The van der Waals surface area contributed by atoms with Crippen LogP contribution in [0, 0.1) is 34.1 Å². The highest BCUT2D eigenvalue weighted by atomic mass is 32.2. The van der Waals surface area contributed by atoms with Crippen LogP contribution >= 0.6 is 0 Å². The monoisotopic (exact) mass is 452 g/mol. The fourth-order valence-electron chi connectivity index (χ4n) is 3.29. The zero-order chi connectivity index (χ0) is 22.9. The third-order valence-electron chi connectivity index (χ3n) is 4.93. The SMILES string of the molecule is COc1cc(N2CCN(S(=O)(=O)c3cc([N+](=O)[O-])c(C)c([N+](=O)[O-])c3)CC2)nc(C)n1. The number of aryl methyl sites for hydroxylation is 1. The largest absolute Gasteiger partial charge is 0.481 e. The van der Waals surface area contributed by atoms with Crippen LogP contribution in [0.5, 0.6) is 5.88 Å². The molecule has 0 radical (unpaired) electrons. The van der Waals surface area contributed by atoms with Crippen LogP contribution in [0.2, 0.25) is 0 Å². The number of hydrogen-bond acceptors (Lipinski definition) is 10. The Morgan fingerprint density at radius 3 is 2.00 bits per heavy atom. The highest BCUT2D eigenvalue weighted by Gasteiger charge is 2.33. The van der Waals surface area contributed by atoms with Crippen LogP contribution in [0.25, 0.3) is 0 Å². The molecule has 1 aliphatic rings. The van der Waals surface area contributed by atoms with Gasteiger partial charge in [-0.3, -0.25) is 20.2 Å². The van der Waals surface area contributed by atoms with Gasteiger partial charge in [-0.15, -0.1) is 0 Å². The first-order valence-electron chi connectivity index (χ1n) is 9.12. The van der Waals surface area contributed by atoms with E-state index in [2.05, 4.69) is 9.97 Å². The maximum atomic E-state index is 13.1. The molecule has 1 fully saturated rings. The fourth-order valence-corrected chi connectivity index (χ4v) is 4.75. The normalized spacial score (nSPS) is 15.0. The predicted molar refractivity (Wildman–Crippen MR) is 109 cm³/mol. The van der Waals surface area contributed by atoms with Gasteiger partial charge in [0.15, 0.2) is 0 Å². The van der Waals surface area contributed by atoms with E-state index in [1.807, 2.05) is 4.90 Å². The summed E-state index contributed by atoms with van der Waals surface area (Å²) in [7, 11) is -2.69. The van der Waals surface area contributed by atoms with Crippen molar-refractivity contribution in [2.75, 3.05) is 38.2 Å². The van der Waals surface area contributed by atoms with Crippen LogP contribution in [0.15, 0.2) is 23.1 Å². The van der Waals surface area contributed by atoms with Gasteiger partial charge in [0.2, 0.25) is 15.9 Å². The van der Waals surface area contributed by atoms with Gasteiger partial charge in [-0.25, -0.2) is 13.4 Å². The van der Waals surface area contributed by atoms with Crippen LogP contribution in [-0.4, -0.2) is 65.8 Å². The summed E-state index contributed by atoms with van der Waals surface area (Å²) in [5.41, 5.74) is -1.43. The van der Waals surface area contributed by atoms with Crippen LogP contribution in [0.4, 0.5) is 17.2 Å². The van der Waals surface area contributed by atoms with Crippen LogP contribution in [0.1, 0.15) is 11.4 Å². The smallest absolute Gasteiger partial charge is 0.280 e. The summed E-state index contributed by atoms with van der Waals surface area (Å²) in [6, 6.07) is 3.37. The van der Waals surface area contributed by atoms with E-state index in [1.54, 1.807) is 13.0 Å². The molecule has 0 unspecified atom stereocenters. The molecule has 3 rings (SSSR count). The third kappa shape index (κ3) is 4.39. The molecule has 0 N–H and O–H groups in total. The van der Waals surface area contributed by atoms with Crippen molar-refractivity contribution in [3.63, 3.8) is 0 Å². The van der Waals surface area contributed by atoms with Crippen molar-refractivity contribution in [2.45, 2.75) is 18.7 Å². The van der Waals surface area contributed by atoms with Gasteiger partial charge in [-0.1, -0.05) is 0 Å². The van der Waals surface area contributed by atoms with Gasteiger partial charge in [0.1, 0.15) is 17.2 Å². The minimum atomic E-state index is -4.18. The van der Waals surface area contributed by atoms with Crippen LogP contribution in [-0.2, 0) is 10.0 Å². The lowest BCUT2D eigenvalue weighted by atomic mass is 10.1. The minimum Gasteiger partial charge on any atom is -0.481 e. The molecule has 14 heteroatoms. The van der Waals surface area contributed by atoms with Gasteiger partial charge >= 0.3 is 0 Å². The molecule has 1 aromatic carbocycles. The molecule has 0 atom stereocenters. The Kier molecular flexibility index (Phi) is 6.03.